The van der Waals surface area contributed by atoms with E-state index in [9.17, 15) is 14.4 Å². The van der Waals surface area contributed by atoms with Gasteiger partial charge in [-0.25, -0.2) is 9.59 Å². The van der Waals surface area contributed by atoms with Crippen LogP contribution in [0.5, 0.6) is 0 Å². The number of benzene rings is 1. The smallest absolute Gasteiger partial charge is 0.328 e. The number of anilines is 2. The Bertz CT molecular complexity index is 654. The molecule has 2 N–H and O–H groups in total. The van der Waals surface area contributed by atoms with Crippen molar-refractivity contribution in [3.63, 3.8) is 0 Å². The maximum Gasteiger partial charge on any atom is 0.328 e. The standard InChI is InChI=1S/C19H28N4O4/c1-4-5-17(24)23-12-10-22(11-13-23)16-8-6-15(7-9-16)21-19(26)20-14(2)18(25)27-3/h6-9,14H,4-5,10-13H2,1-3H3,(H2,20,21,26). The Hall–Kier alpha value is -2.77. The Kier molecular flexibility index (Phi) is 7.45. The highest BCUT2D eigenvalue weighted by Crippen LogP contribution is 2.20. The highest BCUT2D eigenvalue weighted by atomic mass is 16.5. The molecular formula is C19H28N4O4. The second kappa shape index (κ2) is 9.80. The molecule has 0 saturated carbocycles. The molecule has 148 valence electrons. The number of hydrogen-bond acceptors (Lipinski definition) is 5. The number of ether oxygens (including phenoxy) is 1. The molecule has 1 saturated heterocycles. The molecule has 1 heterocycles. The number of amides is 3. The molecule has 0 aromatic heterocycles. The molecule has 8 nitrogen and oxygen atoms in total. The fraction of sp³-hybridized carbons (Fsp3) is 0.526. The number of piperazine rings is 1. The number of esters is 1. The predicted octanol–water partition coefficient (Wildman–Crippen LogP) is 1.82. The summed E-state index contributed by atoms with van der Waals surface area (Å²) < 4.78 is 4.57. The molecule has 8 heteroatoms. The maximum atomic E-state index is 12.0. The topological polar surface area (TPSA) is 91.0 Å². The van der Waals surface area contributed by atoms with E-state index in [0.29, 0.717) is 12.1 Å². The Morgan fingerprint density at radius 3 is 2.30 bits per heavy atom. The molecule has 3 amide bonds. The fourth-order valence-corrected chi connectivity index (χ4v) is 2.94. The van der Waals surface area contributed by atoms with Gasteiger partial charge in [-0.1, -0.05) is 6.92 Å². The van der Waals surface area contributed by atoms with Crippen molar-refractivity contribution in [1.82, 2.24) is 10.2 Å². The van der Waals surface area contributed by atoms with Crippen LogP contribution in [0.15, 0.2) is 24.3 Å². The normalized spacial score (nSPS) is 15.1. The second-order valence-electron chi connectivity index (χ2n) is 6.51. The maximum absolute atomic E-state index is 12.0. The number of nitrogens with one attached hydrogen (secondary N) is 2. The van der Waals surface area contributed by atoms with Gasteiger partial charge >= 0.3 is 12.0 Å². The first-order valence-corrected chi connectivity index (χ1v) is 9.22. The predicted molar refractivity (Wildman–Crippen MR) is 104 cm³/mol. The van der Waals surface area contributed by atoms with Gasteiger partial charge in [-0.05, 0) is 37.6 Å². The lowest BCUT2D eigenvalue weighted by atomic mass is 10.2. The van der Waals surface area contributed by atoms with Crippen molar-refractivity contribution in [2.45, 2.75) is 32.7 Å². The van der Waals surface area contributed by atoms with Crippen LogP contribution in [-0.2, 0) is 14.3 Å². The van der Waals surface area contributed by atoms with Gasteiger partial charge in [-0.3, -0.25) is 4.79 Å². The van der Waals surface area contributed by atoms with Crippen LogP contribution in [0.3, 0.4) is 0 Å². The Labute approximate surface area is 159 Å². The van der Waals surface area contributed by atoms with Crippen molar-refractivity contribution in [3.05, 3.63) is 24.3 Å². The summed E-state index contributed by atoms with van der Waals surface area (Å²) in [5.41, 5.74) is 1.68. The molecule has 1 aromatic rings. The summed E-state index contributed by atoms with van der Waals surface area (Å²) in [5.74, 6) is -0.277. The van der Waals surface area contributed by atoms with Crippen LogP contribution in [0, 0.1) is 0 Å². The van der Waals surface area contributed by atoms with E-state index in [2.05, 4.69) is 20.3 Å². The third-order valence-electron chi connectivity index (χ3n) is 4.49. The first-order chi connectivity index (χ1) is 12.9. The van der Waals surface area contributed by atoms with E-state index >= 15 is 0 Å². The SMILES string of the molecule is CCCC(=O)N1CCN(c2ccc(NC(=O)NC(C)C(=O)OC)cc2)CC1. The van der Waals surface area contributed by atoms with Crippen molar-refractivity contribution in [2.24, 2.45) is 0 Å². The quantitative estimate of drug-likeness (QED) is 0.739. The zero-order valence-corrected chi connectivity index (χ0v) is 16.2. The van der Waals surface area contributed by atoms with E-state index < -0.39 is 18.0 Å². The zero-order chi connectivity index (χ0) is 19.8. The summed E-state index contributed by atoms with van der Waals surface area (Å²) in [6.07, 6.45) is 1.48. The van der Waals surface area contributed by atoms with E-state index in [1.54, 1.807) is 6.92 Å². The molecule has 0 bridgehead atoms. The molecular weight excluding hydrogens is 348 g/mol. The Morgan fingerprint density at radius 2 is 1.74 bits per heavy atom. The van der Waals surface area contributed by atoms with Crippen LogP contribution < -0.4 is 15.5 Å². The molecule has 27 heavy (non-hydrogen) atoms. The van der Waals surface area contributed by atoms with Crippen LogP contribution in [0.2, 0.25) is 0 Å². The number of hydrogen-bond donors (Lipinski definition) is 2. The fourth-order valence-electron chi connectivity index (χ4n) is 2.94. The van der Waals surface area contributed by atoms with Gasteiger partial charge in [0.25, 0.3) is 0 Å². The first kappa shape index (κ1) is 20.5. The van der Waals surface area contributed by atoms with Crippen LogP contribution in [0.1, 0.15) is 26.7 Å². The van der Waals surface area contributed by atoms with E-state index in [4.69, 9.17) is 0 Å². The molecule has 0 spiro atoms. The van der Waals surface area contributed by atoms with Gasteiger partial charge in [0.15, 0.2) is 0 Å². The van der Waals surface area contributed by atoms with E-state index in [-0.39, 0.29) is 5.91 Å². The average molecular weight is 376 g/mol. The number of carbonyl (C=O) groups is 3. The van der Waals surface area contributed by atoms with Gasteiger partial charge in [0.05, 0.1) is 7.11 Å². The summed E-state index contributed by atoms with van der Waals surface area (Å²) in [4.78, 5) is 39.3. The van der Waals surface area contributed by atoms with Gasteiger partial charge in [-0.15, -0.1) is 0 Å². The Morgan fingerprint density at radius 1 is 1.11 bits per heavy atom. The Balaban J connectivity index is 1.84. The van der Waals surface area contributed by atoms with E-state index in [1.807, 2.05) is 36.1 Å². The molecule has 1 aromatic carbocycles. The first-order valence-electron chi connectivity index (χ1n) is 9.22. The molecule has 0 aliphatic carbocycles. The number of methoxy groups -OCH3 is 1. The second-order valence-corrected chi connectivity index (χ2v) is 6.51. The monoisotopic (exact) mass is 376 g/mol. The minimum absolute atomic E-state index is 0.226. The minimum atomic E-state index is -0.721. The molecule has 0 radical (unpaired) electrons. The van der Waals surface area contributed by atoms with Gasteiger partial charge in [0.2, 0.25) is 5.91 Å². The van der Waals surface area contributed by atoms with E-state index in [1.165, 1.54) is 7.11 Å². The van der Waals surface area contributed by atoms with Crippen LogP contribution in [0.4, 0.5) is 16.2 Å². The van der Waals surface area contributed by atoms with Crippen LogP contribution >= 0.6 is 0 Å². The largest absolute Gasteiger partial charge is 0.467 e. The van der Waals surface area contributed by atoms with Crippen molar-refractivity contribution in [3.8, 4) is 0 Å². The van der Waals surface area contributed by atoms with Crippen molar-refractivity contribution in [2.75, 3.05) is 43.5 Å². The summed E-state index contributed by atoms with van der Waals surface area (Å²) in [7, 11) is 1.27. The minimum Gasteiger partial charge on any atom is -0.467 e. The van der Waals surface area contributed by atoms with Crippen molar-refractivity contribution in [1.29, 1.82) is 0 Å². The summed E-state index contributed by atoms with van der Waals surface area (Å²) in [6.45, 7) is 6.61. The number of carbonyl (C=O) groups excluding carboxylic acids is 3. The summed E-state index contributed by atoms with van der Waals surface area (Å²) in [6, 6.07) is 6.30. The van der Waals surface area contributed by atoms with Crippen LogP contribution in [0.25, 0.3) is 0 Å². The lowest BCUT2D eigenvalue weighted by Crippen LogP contribution is -2.48. The number of rotatable bonds is 6. The number of nitrogens with zero attached hydrogens (tertiary/aromatic N) is 2. The van der Waals surface area contributed by atoms with Crippen LogP contribution in [-0.4, -0.2) is 62.1 Å². The molecule has 1 aliphatic rings. The van der Waals surface area contributed by atoms with Crippen molar-refractivity contribution >= 4 is 29.3 Å². The molecule has 1 aliphatic heterocycles. The lowest BCUT2D eigenvalue weighted by Gasteiger charge is -2.36. The average Bonchev–Trinajstić information content (AvgIpc) is 2.68. The van der Waals surface area contributed by atoms with E-state index in [0.717, 1.165) is 38.3 Å². The zero-order valence-electron chi connectivity index (χ0n) is 16.2. The third-order valence-corrected chi connectivity index (χ3v) is 4.49. The lowest BCUT2D eigenvalue weighted by molar-refractivity contribution is -0.142. The molecule has 1 fully saturated rings. The molecule has 1 atom stereocenters. The highest BCUT2D eigenvalue weighted by molar-refractivity contribution is 5.92. The third kappa shape index (κ3) is 5.87. The van der Waals surface area contributed by atoms with Gasteiger partial charge in [0, 0.05) is 44.0 Å². The number of urea groups is 1. The van der Waals surface area contributed by atoms with Gasteiger partial charge in [0.1, 0.15) is 6.04 Å². The highest BCUT2D eigenvalue weighted by Gasteiger charge is 2.20. The summed E-state index contributed by atoms with van der Waals surface area (Å²) >= 11 is 0. The van der Waals surface area contributed by atoms with Crippen molar-refractivity contribution < 1.29 is 19.1 Å². The molecule has 2 rings (SSSR count). The van der Waals surface area contributed by atoms with Gasteiger partial charge in [-0.2, -0.15) is 0 Å². The summed E-state index contributed by atoms with van der Waals surface area (Å²) in [5, 5.41) is 5.20. The molecule has 1 unspecified atom stereocenters. The van der Waals surface area contributed by atoms with Gasteiger partial charge < -0.3 is 25.2 Å².